The minimum Gasteiger partial charge on any atom is -0.374 e. The van der Waals surface area contributed by atoms with Gasteiger partial charge in [-0.2, -0.15) is 0 Å². The number of morpholine rings is 1. The lowest BCUT2D eigenvalue weighted by atomic mass is 10.2. The Bertz CT molecular complexity index is 364. The average Bonchev–Trinajstić information content (AvgIpc) is 2.91. The first-order valence-corrected chi connectivity index (χ1v) is 7.21. The van der Waals surface area contributed by atoms with Crippen LogP contribution in [0.2, 0.25) is 0 Å². The fourth-order valence-electron chi connectivity index (χ4n) is 2.69. The molecule has 3 atom stereocenters. The van der Waals surface area contributed by atoms with E-state index in [-0.39, 0.29) is 12.0 Å². The van der Waals surface area contributed by atoms with Crippen LogP contribution in [0.25, 0.3) is 0 Å². The molecule has 3 N–H and O–H groups in total. The normalized spacial score (nSPS) is 27.7. The Labute approximate surface area is 119 Å². The number of nitrogens with one attached hydrogen (secondary N) is 3. The van der Waals surface area contributed by atoms with Crippen LogP contribution in [-0.4, -0.2) is 68.3 Å². The van der Waals surface area contributed by atoms with Crippen molar-refractivity contribution in [3.8, 4) is 0 Å². The Morgan fingerprint density at radius 2 is 2.25 bits per heavy atom. The quantitative estimate of drug-likeness (QED) is 0.635. The van der Waals surface area contributed by atoms with Gasteiger partial charge in [-0.25, -0.2) is 4.79 Å². The first-order chi connectivity index (χ1) is 9.60. The van der Waals surface area contributed by atoms with E-state index < -0.39 is 12.1 Å². The smallest absolute Gasteiger partial charge is 0.321 e. The van der Waals surface area contributed by atoms with E-state index in [0.29, 0.717) is 12.6 Å². The Morgan fingerprint density at radius 1 is 1.45 bits per heavy atom. The number of ether oxygens (including phenoxy) is 1. The summed E-state index contributed by atoms with van der Waals surface area (Å²) in [6, 6.07) is -0.329. The van der Waals surface area contributed by atoms with Gasteiger partial charge in [-0.15, -0.1) is 0 Å². The number of hydrogen-bond donors (Lipinski definition) is 3. The van der Waals surface area contributed by atoms with Gasteiger partial charge in [-0.05, 0) is 26.3 Å². The van der Waals surface area contributed by atoms with Crippen LogP contribution in [0, 0.1) is 0 Å². The van der Waals surface area contributed by atoms with Crippen LogP contribution in [0.4, 0.5) is 4.79 Å². The van der Waals surface area contributed by atoms with Gasteiger partial charge in [0.2, 0.25) is 5.91 Å². The molecule has 0 bridgehead atoms. The van der Waals surface area contributed by atoms with Crippen molar-refractivity contribution in [2.75, 3.05) is 33.3 Å². The number of fused-ring (bicyclic) bond motifs is 1. The number of carbonyl (C=O) groups excluding carboxylic acids is 2. The Hall–Kier alpha value is -1.18. The molecule has 3 amide bonds. The molecule has 0 spiro atoms. The molecule has 2 saturated heterocycles. The van der Waals surface area contributed by atoms with Crippen LogP contribution >= 0.6 is 0 Å². The van der Waals surface area contributed by atoms with Crippen molar-refractivity contribution in [2.24, 2.45) is 0 Å². The molecule has 20 heavy (non-hydrogen) atoms. The lowest BCUT2D eigenvalue weighted by molar-refractivity contribution is -0.122. The number of urea groups is 1. The van der Waals surface area contributed by atoms with Crippen molar-refractivity contribution in [1.82, 2.24) is 20.9 Å². The van der Waals surface area contributed by atoms with Gasteiger partial charge in [0.1, 0.15) is 0 Å². The molecule has 3 unspecified atom stereocenters. The predicted molar refractivity (Wildman–Crippen MR) is 74.4 cm³/mol. The van der Waals surface area contributed by atoms with Crippen LogP contribution in [0.1, 0.15) is 19.8 Å². The monoisotopic (exact) mass is 284 g/mol. The average molecular weight is 284 g/mol. The van der Waals surface area contributed by atoms with E-state index in [1.54, 1.807) is 6.92 Å². The number of carbonyl (C=O) groups is 2. The van der Waals surface area contributed by atoms with Gasteiger partial charge < -0.3 is 15.4 Å². The predicted octanol–water partition coefficient (Wildman–Crippen LogP) is -0.717. The molecular formula is C13H24N4O3. The van der Waals surface area contributed by atoms with Gasteiger partial charge in [-0.3, -0.25) is 15.0 Å². The number of imide groups is 1. The fraction of sp³-hybridized carbons (Fsp3) is 0.846. The van der Waals surface area contributed by atoms with Crippen molar-refractivity contribution in [2.45, 2.75) is 38.0 Å². The highest BCUT2D eigenvalue weighted by atomic mass is 16.5. The number of hydrogen-bond acceptors (Lipinski definition) is 5. The minimum atomic E-state index is -0.488. The van der Waals surface area contributed by atoms with Crippen LogP contribution in [0.3, 0.4) is 0 Å². The van der Waals surface area contributed by atoms with E-state index in [0.717, 1.165) is 19.7 Å². The number of rotatable bonds is 4. The fourth-order valence-corrected chi connectivity index (χ4v) is 2.69. The Morgan fingerprint density at radius 3 is 3.00 bits per heavy atom. The highest BCUT2D eigenvalue weighted by Gasteiger charge is 2.32. The van der Waals surface area contributed by atoms with Crippen molar-refractivity contribution in [3.63, 3.8) is 0 Å². The van der Waals surface area contributed by atoms with Crippen molar-refractivity contribution in [1.29, 1.82) is 0 Å². The first kappa shape index (κ1) is 15.2. The third-order valence-electron chi connectivity index (χ3n) is 3.97. The zero-order chi connectivity index (χ0) is 14.5. The molecule has 2 heterocycles. The van der Waals surface area contributed by atoms with Gasteiger partial charge in [0.15, 0.2) is 0 Å². The van der Waals surface area contributed by atoms with E-state index in [1.807, 2.05) is 0 Å². The molecule has 2 fully saturated rings. The second-order valence-electron chi connectivity index (χ2n) is 5.44. The van der Waals surface area contributed by atoms with Crippen molar-refractivity contribution in [3.05, 3.63) is 0 Å². The first-order valence-electron chi connectivity index (χ1n) is 7.21. The maximum atomic E-state index is 11.7. The summed E-state index contributed by atoms with van der Waals surface area (Å²) in [6.07, 6.45) is 2.59. The highest BCUT2D eigenvalue weighted by molar-refractivity contribution is 5.96. The van der Waals surface area contributed by atoms with Gasteiger partial charge in [0.05, 0.1) is 18.8 Å². The molecule has 0 aromatic carbocycles. The standard InChI is InChI=1S/C13H24N4O3/c1-9(12(18)16-13(19)14-2)15-6-11-7-17-5-3-4-10(17)8-20-11/h9-11,15H,3-8H2,1-2H3,(H2,14,16,18,19). The van der Waals surface area contributed by atoms with Gasteiger partial charge >= 0.3 is 6.03 Å². The highest BCUT2D eigenvalue weighted by Crippen LogP contribution is 2.22. The summed E-state index contributed by atoms with van der Waals surface area (Å²) in [5.41, 5.74) is 0. The molecule has 7 heteroatoms. The lowest BCUT2D eigenvalue weighted by Gasteiger charge is -2.35. The zero-order valence-electron chi connectivity index (χ0n) is 12.1. The molecule has 2 aliphatic rings. The second kappa shape index (κ2) is 7.01. The van der Waals surface area contributed by atoms with Gasteiger partial charge in [0, 0.05) is 26.2 Å². The summed E-state index contributed by atoms with van der Waals surface area (Å²) >= 11 is 0. The summed E-state index contributed by atoms with van der Waals surface area (Å²) < 4.78 is 5.81. The lowest BCUT2D eigenvalue weighted by Crippen LogP contribution is -2.53. The molecule has 0 aromatic heterocycles. The number of nitrogens with zero attached hydrogens (tertiary/aromatic N) is 1. The van der Waals surface area contributed by atoms with Crippen molar-refractivity contribution >= 4 is 11.9 Å². The van der Waals surface area contributed by atoms with E-state index in [9.17, 15) is 9.59 Å². The summed E-state index contributed by atoms with van der Waals surface area (Å²) in [5, 5.41) is 7.72. The largest absolute Gasteiger partial charge is 0.374 e. The Balaban J connectivity index is 1.69. The summed E-state index contributed by atoms with van der Waals surface area (Å²) in [7, 11) is 1.48. The third kappa shape index (κ3) is 3.91. The van der Waals surface area contributed by atoms with Gasteiger partial charge in [-0.1, -0.05) is 0 Å². The maximum Gasteiger partial charge on any atom is 0.321 e. The molecule has 0 saturated carbocycles. The molecular weight excluding hydrogens is 260 g/mol. The Kier molecular flexibility index (Phi) is 5.33. The second-order valence-corrected chi connectivity index (χ2v) is 5.44. The van der Waals surface area contributed by atoms with E-state index in [2.05, 4.69) is 20.9 Å². The van der Waals surface area contributed by atoms with Crippen LogP contribution < -0.4 is 16.0 Å². The third-order valence-corrected chi connectivity index (χ3v) is 3.97. The van der Waals surface area contributed by atoms with E-state index in [1.165, 1.54) is 19.9 Å². The molecule has 0 aliphatic carbocycles. The summed E-state index contributed by atoms with van der Waals surface area (Å²) in [6.45, 7) is 5.20. The molecule has 2 rings (SSSR count). The minimum absolute atomic E-state index is 0.111. The van der Waals surface area contributed by atoms with E-state index in [4.69, 9.17) is 4.74 Å². The van der Waals surface area contributed by atoms with E-state index >= 15 is 0 Å². The van der Waals surface area contributed by atoms with Crippen LogP contribution in [-0.2, 0) is 9.53 Å². The topological polar surface area (TPSA) is 82.7 Å². The summed E-state index contributed by atoms with van der Waals surface area (Å²) in [4.78, 5) is 25.2. The molecule has 114 valence electrons. The zero-order valence-corrected chi connectivity index (χ0v) is 12.1. The SMILES string of the molecule is CNC(=O)NC(=O)C(C)NCC1CN2CCCC2CO1. The molecule has 7 nitrogen and oxygen atoms in total. The van der Waals surface area contributed by atoms with Crippen LogP contribution in [0.5, 0.6) is 0 Å². The maximum absolute atomic E-state index is 11.7. The van der Waals surface area contributed by atoms with Gasteiger partial charge in [0.25, 0.3) is 0 Å². The van der Waals surface area contributed by atoms with Crippen LogP contribution in [0.15, 0.2) is 0 Å². The summed E-state index contributed by atoms with van der Waals surface area (Å²) in [5.74, 6) is -0.334. The number of amides is 3. The molecule has 0 radical (unpaired) electrons. The molecule has 2 aliphatic heterocycles. The molecule has 0 aromatic rings. The van der Waals surface area contributed by atoms with Crippen molar-refractivity contribution < 1.29 is 14.3 Å².